The van der Waals surface area contributed by atoms with Crippen molar-refractivity contribution in [2.75, 3.05) is 26.2 Å². The van der Waals surface area contributed by atoms with Gasteiger partial charge in [0.25, 0.3) is 5.91 Å². The van der Waals surface area contributed by atoms with Gasteiger partial charge in [0, 0.05) is 19.0 Å². The van der Waals surface area contributed by atoms with Crippen LogP contribution in [0.2, 0.25) is 0 Å². The van der Waals surface area contributed by atoms with Crippen LogP contribution in [0.15, 0.2) is 10.6 Å². The van der Waals surface area contributed by atoms with Crippen LogP contribution in [-0.4, -0.2) is 37.2 Å². The molecule has 0 aromatic carbocycles. The molecule has 0 bridgehead atoms. The number of amides is 1. The molecule has 100 valence electrons. The molecule has 0 radical (unpaired) electrons. The van der Waals surface area contributed by atoms with Crippen LogP contribution in [0.1, 0.15) is 41.9 Å². The maximum absolute atomic E-state index is 11.7. The number of aromatic nitrogens is 1. The molecule has 5 nitrogen and oxygen atoms in total. The molecule has 1 fully saturated rings. The molecule has 2 rings (SSSR count). The largest absolute Gasteiger partial charge is 0.361 e. The normalized spacial score (nSPS) is 16.7. The van der Waals surface area contributed by atoms with Gasteiger partial charge < -0.3 is 14.7 Å². The fourth-order valence-electron chi connectivity index (χ4n) is 2.41. The molecular formula is C13H22N3O2+. The summed E-state index contributed by atoms with van der Waals surface area (Å²) in [5.41, 5.74) is 0.373. The maximum atomic E-state index is 11.7. The number of hydrogen-bond acceptors (Lipinski definition) is 3. The van der Waals surface area contributed by atoms with Gasteiger partial charge in [0.15, 0.2) is 5.69 Å². The van der Waals surface area contributed by atoms with Gasteiger partial charge in [-0.25, -0.2) is 0 Å². The zero-order chi connectivity index (χ0) is 12.8. The van der Waals surface area contributed by atoms with Gasteiger partial charge in [-0.3, -0.25) is 4.79 Å². The van der Waals surface area contributed by atoms with Crippen LogP contribution >= 0.6 is 0 Å². The van der Waals surface area contributed by atoms with Crippen LogP contribution < -0.4 is 10.2 Å². The van der Waals surface area contributed by atoms with Crippen molar-refractivity contribution in [1.82, 2.24) is 10.5 Å². The lowest BCUT2D eigenvalue weighted by atomic mass is 10.1. The number of rotatable bonds is 5. The first-order chi connectivity index (χ1) is 8.75. The zero-order valence-corrected chi connectivity index (χ0v) is 11.0. The monoisotopic (exact) mass is 252 g/mol. The number of carbonyl (C=O) groups excluding carboxylic acids is 1. The molecule has 1 aromatic heterocycles. The van der Waals surface area contributed by atoms with Crippen molar-refractivity contribution >= 4 is 5.91 Å². The Morgan fingerprint density at radius 1 is 1.44 bits per heavy atom. The number of quaternary nitrogens is 1. The first-order valence-electron chi connectivity index (χ1n) is 6.81. The van der Waals surface area contributed by atoms with Gasteiger partial charge in [-0.1, -0.05) is 5.16 Å². The van der Waals surface area contributed by atoms with Gasteiger partial charge in [0.1, 0.15) is 5.76 Å². The molecule has 0 saturated carbocycles. The van der Waals surface area contributed by atoms with Crippen molar-refractivity contribution in [3.05, 3.63) is 17.5 Å². The Balaban J connectivity index is 1.61. The second kappa shape index (κ2) is 6.54. The molecule has 0 atom stereocenters. The fourth-order valence-corrected chi connectivity index (χ4v) is 2.41. The lowest BCUT2D eigenvalue weighted by Gasteiger charge is -2.23. The first kappa shape index (κ1) is 13.1. The molecule has 2 heterocycles. The SMILES string of the molecule is Cc1cc(C(=O)NCCC[NH+]2CCCCC2)no1. The van der Waals surface area contributed by atoms with Crippen molar-refractivity contribution in [2.45, 2.75) is 32.6 Å². The van der Waals surface area contributed by atoms with Gasteiger partial charge in [-0.15, -0.1) is 0 Å². The number of carbonyl (C=O) groups is 1. The zero-order valence-electron chi connectivity index (χ0n) is 11.0. The van der Waals surface area contributed by atoms with Crippen molar-refractivity contribution in [3.8, 4) is 0 Å². The topological polar surface area (TPSA) is 59.6 Å². The van der Waals surface area contributed by atoms with Crippen LogP contribution in [0.25, 0.3) is 0 Å². The molecule has 1 aliphatic heterocycles. The summed E-state index contributed by atoms with van der Waals surface area (Å²) in [4.78, 5) is 13.3. The van der Waals surface area contributed by atoms with Gasteiger partial charge in [0.2, 0.25) is 0 Å². The molecule has 1 aliphatic rings. The summed E-state index contributed by atoms with van der Waals surface area (Å²) in [5, 5.41) is 6.57. The summed E-state index contributed by atoms with van der Waals surface area (Å²) >= 11 is 0. The van der Waals surface area contributed by atoms with E-state index in [4.69, 9.17) is 4.52 Å². The molecule has 0 aliphatic carbocycles. The highest BCUT2D eigenvalue weighted by atomic mass is 16.5. The highest BCUT2D eigenvalue weighted by Gasteiger charge is 2.13. The number of nitrogens with one attached hydrogen (secondary N) is 2. The average molecular weight is 252 g/mol. The van der Waals surface area contributed by atoms with E-state index in [1.807, 2.05) is 0 Å². The molecule has 1 amide bonds. The third kappa shape index (κ3) is 3.84. The minimum atomic E-state index is -0.138. The molecule has 2 N–H and O–H groups in total. The van der Waals surface area contributed by atoms with Crippen molar-refractivity contribution < 1.29 is 14.2 Å². The Morgan fingerprint density at radius 2 is 2.22 bits per heavy atom. The predicted octanol–water partition coefficient (Wildman–Crippen LogP) is 0.172. The van der Waals surface area contributed by atoms with E-state index in [0.29, 0.717) is 18.0 Å². The molecule has 18 heavy (non-hydrogen) atoms. The third-order valence-corrected chi connectivity index (χ3v) is 3.41. The van der Waals surface area contributed by atoms with Crippen LogP contribution in [-0.2, 0) is 0 Å². The van der Waals surface area contributed by atoms with E-state index in [9.17, 15) is 4.79 Å². The van der Waals surface area contributed by atoms with E-state index in [0.717, 1.165) is 13.0 Å². The minimum absolute atomic E-state index is 0.138. The van der Waals surface area contributed by atoms with E-state index in [1.54, 1.807) is 17.9 Å². The van der Waals surface area contributed by atoms with E-state index < -0.39 is 0 Å². The van der Waals surface area contributed by atoms with E-state index in [2.05, 4.69) is 10.5 Å². The Kier molecular flexibility index (Phi) is 4.75. The molecule has 0 spiro atoms. The summed E-state index contributed by atoms with van der Waals surface area (Å²) in [6.45, 7) is 6.22. The molecule has 1 aromatic rings. The van der Waals surface area contributed by atoms with E-state index >= 15 is 0 Å². The second-order valence-corrected chi connectivity index (χ2v) is 4.99. The highest BCUT2D eigenvalue weighted by molar-refractivity contribution is 5.92. The number of nitrogens with zero attached hydrogens (tertiary/aromatic N) is 1. The standard InChI is InChI=1S/C13H21N3O2/c1-11-10-12(15-18-11)13(17)14-6-5-9-16-7-3-2-4-8-16/h10H,2-9H2,1H3,(H,14,17)/p+1. The number of likely N-dealkylation sites (tertiary alicyclic amines) is 1. The third-order valence-electron chi connectivity index (χ3n) is 3.41. The van der Waals surface area contributed by atoms with Crippen molar-refractivity contribution in [2.24, 2.45) is 0 Å². The Labute approximate surface area is 108 Å². The predicted molar refractivity (Wildman–Crippen MR) is 67.6 cm³/mol. The highest BCUT2D eigenvalue weighted by Crippen LogP contribution is 2.00. The molecular weight excluding hydrogens is 230 g/mol. The Bertz CT molecular complexity index is 383. The summed E-state index contributed by atoms with van der Waals surface area (Å²) in [5.74, 6) is 0.526. The van der Waals surface area contributed by atoms with Gasteiger partial charge in [-0.05, 0) is 26.2 Å². The Morgan fingerprint density at radius 3 is 2.89 bits per heavy atom. The van der Waals surface area contributed by atoms with Crippen LogP contribution in [0, 0.1) is 6.92 Å². The van der Waals surface area contributed by atoms with Crippen molar-refractivity contribution in [1.29, 1.82) is 0 Å². The fraction of sp³-hybridized carbons (Fsp3) is 0.692. The van der Waals surface area contributed by atoms with Gasteiger partial charge in [0.05, 0.1) is 19.6 Å². The second-order valence-electron chi connectivity index (χ2n) is 4.99. The number of hydrogen-bond donors (Lipinski definition) is 2. The summed E-state index contributed by atoms with van der Waals surface area (Å²) < 4.78 is 4.87. The maximum Gasteiger partial charge on any atom is 0.273 e. The van der Waals surface area contributed by atoms with E-state index in [-0.39, 0.29) is 5.91 Å². The van der Waals surface area contributed by atoms with Crippen LogP contribution in [0.4, 0.5) is 0 Å². The number of piperidine rings is 1. The summed E-state index contributed by atoms with van der Waals surface area (Å²) in [7, 11) is 0. The first-order valence-corrected chi connectivity index (χ1v) is 6.81. The van der Waals surface area contributed by atoms with Gasteiger partial charge in [-0.2, -0.15) is 0 Å². The molecule has 1 saturated heterocycles. The van der Waals surface area contributed by atoms with Crippen molar-refractivity contribution in [3.63, 3.8) is 0 Å². The lowest BCUT2D eigenvalue weighted by molar-refractivity contribution is -0.904. The smallest absolute Gasteiger partial charge is 0.273 e. The quantitative estimate of drug-likeness (QED) is 0.735. The molecule has 0 unspecified atom stereocenters. The van der Waals surface area contributed by atoms with Crippen LogP contribution in [0.5, 0.6) is 0 Å². The lowest BCUT2D eigenvalue weighted by Crippen LogP contribution is -3.12. The summed E-state index contributed by atoms with van der Waals surface area (Å²) in [6.07, 6.45) is 5.10. The summed E-state index contributed by atoms with van der Waals surface area (Å²) in [6, 6.07) is 1.66. The molecule has 5 heteroatoms. The Hall–Kier alpha value is -1.36. The van der Waals surface area contributed by atoms with E-state index in [1.165, 1.54) is 32.4 Å². The number of aryl methyl sites for hydroxylation is 1. The minimum Gasteiger partial charge on any atom is -0.361 e. The van der Waals surface area contributed by atoms with Crippen LogP contribution in [0.3, 0.4) is 0 Å². The average Bonchev–Trinajstić information content (AvgIpc) is 2.82. The van der Waals surface area contributed by atoms with Gasteiger partial charge >= 0.3 is 0 Å².